The molecule has 0 saturated carbocycles. The summed E-state index contributed by atoms with van der Waals surface area (Å²) in [4.78, 5) is 21.0. The lowest BCUT2D eigenvalue weighted by atomic mass is 10.3. The molecule has 0 aromatic carbocycles. The minimum absolute atomic E-state index is 0.264. The summed E-state index contributed by atoms with van der Waals surface area (Å²) in [7, 11) is 0. The Hall–Kier alpha value is -1.56. The SMILES string of the molecule is O=C(O)c1cc(F)c(=O)n(O)c1Cl. The molecule has 1 aromatic rings. The lowest BCUT2D eigenvalue weighted by Crippen LogP contribution is -2.23. The molecule has 1 heterocycles. The van der Waals surface area contributed by atoms with Crippen LogP contribution >= 0.6 is 11.6 Å². The van der Waals surface area contributed by atoms with E-state index in [4.69, 9.17) is 21.9 Å². The molecule has 1 rings (SSSR count). The monoisotopic (exact) mass is 207 g/mol. The highest BCUT2D eigenvalue weighted by Gasteiger charge is 2.17. The first kappa shape index (κ1) is 9.53. The van der Waals surface area contributed by atoms with E-state index in [9.17, 15) is 14.0 Å². The summed E-state index contributed by atoms with van der Waals surface area (Å²) in [5.41, 5.74) is -2.07. The first-order chi connectivity index (χ1) is 5.95. The molecule has 0 saturated heterocycles. The van der Waals surface area contributed by atoms with E-state index in [1.807, 2.05) is 0 Å². The molecule has 7 heteroatoms. The molecule has 0 aliphatic heterocycles. The lowest BCUT2D eigenvalue weighted by molar-refractivity contribution is 0.0689. The number of carboxylic acids is 1. The van der Waals surface area contributed by atoms with Gasteiger partial charge in [0.2, 0.25) is 0 Å². The first-order valence-corrected chi connectivity index (χ1v) is 3.36. The minimum Gasteiger partial charge on any atom is -0.478 e. The Balaban J connectivity index is 3.60. The Morgan fingerprint density at radius 1 is 1.62 bits per heavy atom. The van der Waals surface area contributed by atoms with E-state index in [1.54, 1.807) is 0 Å². The van der Waals surface area contributed by atoms with Gasteiger partial charge in [0.1, 0.15) is 5.56 Å². The van der Waals surface area contributed by atoms with Crippen LogP contribution in [0.25, 0.3) is 0 Å². The Labute approximate surface area is 75.6 Å². The van der Waals surface area contributed by atoms with E-state index in [0.717, 1.165) is 0 Å². The fraction of sp³-hybridized carbons (Fsp3) is 0. The van der Waals surface area contributed by atoms with Gasteiger partial charge in [0, 0.05) is 0 Å². The second kappa shape index (κ2) is 3.06. The number of aromatic nitrogens is 1. The number of aromatic carboxylic acids is 1. The molecule has 70 valence electrons. The molecule has 0 aliphatic rings. The van der Waals surface area contributed by atoms with Gasteiger partial charge in [-0.15, -0.1) is 4.73 Å². The predicted molar refractivity (Wildman–Crippen MR) is 39.8 cm³/mol. The summed E-state index contributed by atoms with van der Waals surface area (Å²) in [5.74, 6) is -2.92. The zero-order valence-electron chi connectivity index (χ0n) is 5.99. The highest BCUT2D eigenvalue weighted by Crippen LogP contribution is 2.13. The molecule has 0 aliphatic carbocycles. The number of nitrogens with zero attached hydrogens (tertiary/aromatic N) is 1. The molecule has 0 unspecified atom stereocenters. The number of hydrogen-bond acceptors (Lipinski definition) is 3. The second-order valence-electron chi connectivity index (χ2n) is 2.12. The molecule has 13 heavy (non-hydrogen) atoms. The smallest absolute Gasteiger partial charge is 0.339 e. The number of rotatable bonds is 1. The second-order valence-corrected chi connectivity index (χ2v) is 2.48. The zero-order valence-corrected chi connectivity index (χ0v) is 6.75. The maximum Gasteiger partial charge on any atom is 0.339 e. The summed E-state index contributed by atoms with van der Waals surface area (Å²) in [6, 6.07) is 0.444. The average molecular weight is 208 g/mol. The maximum atomic E-state index is 12.6. The molecule has 2 N–H and O–H groups in total. The largest absolute Gasteiger partial charge is 0.478 e. The van der Waals surface area contributed by atoms with E-state index in [2.05, 4.69) is 0 Å². The number of pyridine rings is 1. The standard InChI is InChI=1S/C6H3ClFNO4/c7-4-2(6(11)12)1-3(8)5(10)9(4)13/h1,13H,(H,11,12). The van der Waals surface area contributed by atoms with Crippen molar-refractivity contribution in [2.45, 2.75) is 0 Å². The zero-order chi connectivity index (χ0) is 10.2. The number of carboxylic acid groups (broad SMARTS) is 1. The van der Waals surface area contributed by atoms with Crippen LogP contribution in [-0.2, 0) is 0 Å². The molecule has 0 bridgehead atoms. The fourth-order valence-corrected chi connectivity index (χ4v) is 0.915. The van der Waals surface area contributed by atoms with Crippen LogP contribution in [0.1, 0.15) is 10.4 Å². The van der Waals surface area contributed by atoms with Crippen molar-refractivity contribution in [1.29, 1.82) is 0 Å². The van der Waals surface area contributed by atoms with E-state index in [1.165, 1.54) is 0 Å². The van der Waals surface area contributed by atoms with Crippen molar-refractivity contribution >= 4 is 17.6 Å². The van der Waals surface area contributed by atoms with Crippen molar-refractivity contribution in [2.75, 3.05) is 0 Å². The molecule has 0 spiro atoms. The summed E-state index contributed by atoms with van der Waals surface area (Å²) in [5, 5.41) is 16.5. The van der Waals surface area contributed by atoms with E-state index >= 15 is 0 Å². The predicted octanol–water partition coefficient (Wildman–Crippen LogP) is 0.576. The maximum absolute atomic E-state index is 12.6. The fourth-order valence-electron chi connectivity index (χ4n) is 0.702. The van der Waals surface area contributed by atoms with Gasteiger partial charge in [-0.3, -0.25) is 4.79 Å². The van der Waals surface area contributed by atoms with Crippen LogP contribution in [0.5, 0.6) is 0 Å². The molecule has 0 fully saturated rings. The number of hydrogen-bond donors (Lipinski definition) is 2. The van der Waals surface area contributed by atoms with Crippen LogP contribution in [-0.4, -0.2) is 21.0 Å². The molecule has 0 atom stereocenters. The van der Waals surface area contributed by atoms with Crippen molar-refractivity contribution in [3.05, 3.63) is 33.0 Å². The van der Waals surface area contributed by atoms with Gasteiger partial charge in [-0.05, 0) is 6.07 Å². The lowest BCUT2D eigenvalue weighted by Gasteiger charge is -2.02. The van der Waals surface area contributed by atoms with Crippen molar-refractivity contribution in [2.24, 2.45) is 0 Å². The van der Waals surface area contributed by atoms with E-state index in [0.29, 0.717) is 6.07 Å². The Kier molecular flexibility index (Phi) is 2.24. The minimum atomic E-state index is -1.54. The first-order valence-electron chi connectivity index (χ1n) is 2.98. The summed E-state index contributed by atoms with van der Waals surface area (Å²) in [6.45, 7) is 0. The van der Waals surface area contributed by atoms with Crippen LogP contribution in [0.15, 0.2) is 10.9 Å². The third-order valence-corrected chi connectivity index (χ3v) is 1.67. The van der Waals surface area contributed by atoms with Crippen molar-refractivity contribution in [3.8, 4) is 0 Å². The van der Waals surface area contributed by atoms with Gasteiger partial charge in [0.05, 0.1) is 0 Å². The summed E-state index contributed by atoms with van der Waals surface area (Å²) in [6.07, 6.45) is 0. The van der Waals surface area contributed by atoms with Gasteiger partial charge < -0.3 is 10.3 Å². The molecule has 0 amide bonds. The summed E-state index contributed by atoms with van der Waals surface area (Å²) >= 11 is 5.23. The average Bonchev–Trinajstić information content (AvgIpc) is 2.07. The van der Waals surface area contributed by atoms with Crippen molar-refractivity contribution in [3.63, 3.8) is 0 Å². The Bertz CT molecular complexity index is 427. The summed E-state index contributed by atoms with van der Waals surface area (Å²) < 4.78 is 12.3. The Morgan fingerprint density at radius 2 is 2.15 bits per heavy atom. The number of carbonyl (C=O) groups is 1. The van der Waals surface area contributed by atoms with Gasteiger partial charge in [-0.2, -0.15) is 0 Å². The van der Waals surface area contributed by atoms with E-state index in [-0.39, 0.29) is 4.73 Å². The normalized spacial score (nSPS) is 10.0. The number of halogens is 2. The molecular formula is C6H3ClFNO4. The topological polar surface area (TPSA) is 79.5 Å². The molecule has 5 nitrogen and oxygen atoms in total. The molecular weight excluding hydrogens is 205 g/mol. The van der Waals surface area contributed by atoms with Crippen LogP contribution in [0.2, 0.25) is 5.15 Å². The van der Waals surface area contributed by atoms with Gasteiger partial charge in [0.25, 0.3) is 0 Å². The van der Waals surface area contributed by atoms with Gasteiger partial charge in [0.15, 0.2) is 11.0 Å². The van der Waals surface area contributed by atoms with Crippen LogP contribution in [0, 0.1) is 5.82 Å². The van der Waals surface area contributed by atoms with E-state index < -0.39 is 28.1 Å². The van der Waals surface area contributed by atoms with Crippen molar-refractivity contribution < 1.29 is 19.5 Å². The highest BCUT2D eigenvalue weighted by atomic mass is 35.5. The van der Waals surface area contributed by atoms with Gasteiger partial charge >= 0.3 is 11.5 Å². The van der Waals surface area contributed by atoms with Gasteiger partial charge in [-0.25, -0.2) is 9.18 Å². The Morgan fingerprint density at radius 3 is 2.62 bits per heavy atom. The molecule has 1 aromatic heterocycles. The van der Waals surface area contributed by atoms with Crippen LogP contribution in [0.3, 0.4) is 0 Å². The third-order valence-electron chi connectivity index (χ3n) is 1.31. The van der Waals surface area contributed by atoms with Crippen molar-refractivity contribution in [1.82, 2.24) is 4.73 Å². The molecule has 0 radical (unpaired) electrons. The third kappa shape index (κ3) is 1.48. The quantitative estimate of drug-likeness (QED) is 0.521. The van der Waals surface area contributed by atoms with Crippen LogP contribution < -0.4 is 5.56 Å². The van der Waals surface area contributed by atoms with Crippen LogP contribution in [0.4, 0.5) is 4.39 Å². The highest BCUT2D eigenvalue weighted by molar-refractivity contribution is 6.32. The van der Waals surface area contributed by atoms with Gasteiger partial charge in [-0.1, -0.05) is 11.6 Å².